The number of Topliss-reactive ketones (excluding diaryl/α,β-unsaturated/α-hetero) is 1. The Bertz CT molecular complexity index is 1190. The number of carbonyl (C=O) groups excluding carboxylic acids is 1. The summed E-state index contributed by atoms with van der Waals surface area (Å²) in [5, 5.41) is 1.66. The second kappa shape index (κ2) is 8.43. The summed E-state index contributed by atoms with van der Waals surface area (Å²) in [5.74, 6) is -0.0874. The molecule has 1 fully saturated rings. The molecule has 3 aromatic rings. The van der Waals surface area contributed by atoms with Gasteiger partial charge in [0.1, 0.15) is 0 Å². The van der Waals surface area contributed by atoms with Crippen LogP contribution in [0.1, 0.15) is 22.8 Å². The van der Waals surface area contributed by atoms with Crippen molar-refractivity contribution >= 4 is 38.3 Å². The molecule has 1 aliphatic rings. The first-order valence-electron chi connectivity index (χ1n) is 9.71. The molecule has 0 unspecified atom stereocenters. The lowest BCUT2D eigenvalue weighted by atomic mass is 10.1. The molecule has 0 atom stereocenters. The topological polar surface area (TPSA) is 70.6 Å². The molecule has 6 nitrogen and oxygen atoms in total. The number of fused-ring (bicyclic) bond motifs is 1. The minimum Gasteiger partial charge on any atom is -0.296 e. The van der Waals surface area contributed by atoms with Crippen molar-refractivity contribution in [3.8, 4) is 0 Å². The Morgan fingerprint density at radius 1 is 1.07 bits per heavy atom. The zero-order chi connectivity index (χ0) is 21.3. The number of aromatic nitrogens is 1. The van der Waals surface area contributed by atoms with Crippen molar-refractivity contribution < 1.29 is 13.2 Å². The maximum atomic E-state index is 12.9. The van der Waals surface area contributed by atoms with Gasteiger partial charge in [0.15, 0.2) is 5.78 Å². The van der Waals surface area contributed by atoms with E-state index in [1.54, 1.807) is 18.3 Å². The normalized spacial score (nSPS) is 16.1. The maximum Gasteiger partial charge on any atom is 0.243 e. The summed E-state index contributed by atoms with van der Waals surface area (Å²) in [5.41, 5.74) is 2.46. The van der Waals surface area contributed by atoms with E-state index in [4.69, 9.17) is 11.6 Å². The number of halogens is 1. The van der Waals surface area contributed by atoms with E-state index in [1.165, 1.54) is 23.4 Å². The van der Waals surface area contributed by atoms with Crippen LogP contribution in [0.3, 0.4) is 0 Å². The number of sulfonamides is 1. The number of pyridine rings is 1. The lowest BCUT2D eigenvalue weighted by Gasteiger charge is -2.34. The molecule has 0 radical (unpaired) electrons. The highest BCUT2D eigenvalue weighted by Crippen LogP contribution is 2.25. The Labute approximate surface area is 181 Å². The fraction of sp³-hybridized carbons (Fsp3) is 0.273. The average Bonchev–Trinajstić information content (AvgIpc) is 2.74. The van der Waals surface area contributed by atoms with Crippen molar-refractivity contribution in [3.63, 3.8) is 0 Å². The molecule has 4 rings (SSSR count). The van der Waals surface area contributed by atoms with Crippen LogP contribution in [0.15, 0.2) is 59.6 Å². The first kappa shape index (κ1) is 20.9. The number of ketones is 1. The van der Waals surface area contributed by atoms with Gasteiger partial charge in [0.2, 0.25) is 10.0 Å². The van der Waals surface area contributed by atoms with Crippen molar-refractivity contribution in [2.24, 2.45) is 0 Å². The van der Waals surface area contributed by atoms with Crippen molar-refractivity contribution in [2.45, 2.75) is 18.4 Å². The number of carbonyl (C=O) groups is 1. The zero-order valence-corrected chi connectivity index (χ0v) is 18.2. The smallest absolute Gasteiger partial charge is 0.243 e. The van der Waals surface area contributed by atoms with Crippen LogP contribution in [0, 0.1) is 0 Å². The number of hydrogen-bond acceptors (Lipinski definition) is 5. The summed E-state index contributed by atoms with van der Waals surface area (Å²) in [6, 6.07) is 13.8. The van der Waals surface area contributed by atoms with E-state index in [0.717, 1.165) is 16.5 Å². The van der Waals surface area contributed by atoms with E-state index in [0.29, 0.717) is 43.3 Å². The SMILES string of the molecule is CC(=O)c1ccc(S(=O)(=O)N2CCN(Cc3cc(Cl)cc4cccnc34)CC2)cc1. The van der Waals surface area contributed by atoms with Crippen LogP contribution >= 0.6 is 11.6 Å². The summed E-state index contributed by atoms with van der Waals surface area (Å²) in [6.45, 7) is 4.17. The minimum absolute atomic E-state index is 0.0874. The van der Waals surface area contributed by atoms with Crippen molar-refractivity contribution in [1.82, 2.24) is 14.2 Å². The van der Waals surface area contributed by atoms with Gasteiger partial charge in [-0.3, -0.25) is 14.7 Å². The Kier molecular flexibility index (Phi) is 5.88. The summed E-state index contributed by atoms with van der Waals surface area (Å²) in [7, 11) is -3.58. The number of benzene rings is 2. The first-order chi connectivity index (χ1) is 14.3. The fourth-order valence-electron chi connectivity index (χ4n) is 3.73. The Morgan fingerprint density at radius 2 is 1.77 bits per heavy atom. The van der Waals surface area contributed by atoms with Gasteiger partial charge < -0.3 is 0 Å². The Balaban J connectivity index is 1.46. The fourth-order valence-corrected chi connectivity index (χ4v) is 5.40. The molecule has 0 amide bonds. The third-order valence-electron chi connectivity index (χ3n) is 5.37. The standard InChI is InChI=1S/C22H22ClN3O3S/c1-16(27)17-4-6-21(7-5-17)30(28,29)26-11-9-25(10-12-26)15-19-14-20(23)13-18-3-2-8-24-22(18)19/h2-8,13-14H,9-12,15H2,1H3. The number of piperazine rings is 1. The molecular weight excluding hydrogens is 422 g/mol. The van der Waals surface area contributed by atoms with E-state index in [9.17, 15) is 13.2 Å². The predicted molar refractivity (Wildman–Crippen MR) is 117 cm³/mol. The lowest BCUT2D eigenvalue weighted by molar-refractivity contribution is 0.101. The molecule has 8 heteroatoms. The number of hydrogen-bond donors (Lipinski definition) is 0. The second-order valence-corrected chi connectivity index (χ2v) is 9.78. The molecule has 2 heterocycles. The van der Waals surface area contributed by atoms with E-state index in [1.807, 2.05) is 24.3 Å². The van der Waals surface area contributed by atoms with Gasteiger partial charge in [0, 0.05) is 54.9 Å². The molecule has 30 heavy (non-hydrogen) atoms. The second-order valence-electron chi connectivity index (χ2n) is 7.40. The molecular formula is C22H22ClN3O3S. The third kappa shape index (κ3) is 4.25. The van der Waals surface area contributed by atoms with Crippen LogP contribution in [0.4, 0.5) is 0 Å². The highest BCUT2D eigenvalue weighted by Gasteiger charge is 2.28. The average molecular weight is 444 g/mol. The number of rotatable bonds is 5. The quantitative estimate of drug-likeness (QED) is 0.563. The lowest BCUT2D eigenvalue weighted by Crippen LogP contribution is -2.48. The van der Waals surface area contributed by atoms with Crippen molar-refractivity contribution in [2.75, 3.05) is 26.2 Å². The predicted octanol–water partition coefficient (Wildman–Crippen LogP) is 3.60. The van der Waals surface area contributed by atoms with Gasteiger partial charge in [0.05, 0.1) is 10.4 Å². The van der Waals surface area contributed by atoms with Gasteiger partial charge in [-0.05, 0) is 42.8 Å². The van der Waals surface area contributed by atoms with Gasteiger partial charge in [-0.15, -0.1) is 0 Å². The van der Waals surface area contributed by atoms with E-state index in [-0.39, 0.29) is 10.7 Å². The third-order valence-corrected chi connectivity index (χ3v) is 7.50. The van der Waals surface area contributed by atoms with E-state index < -0.39 is 10.0 Å². The van der Waals surface area contributed by atoms with Crippen LogP contribution in [-0.4, -0.2) is 54.6 Å². The van der Waals surface area contributed by atoms with E-state index >= 15 is 0 Å². The van der Waals surface area contributed by atoms with Gasteiger partial charge in [-0.2, -0.15) is 4.31 Å². The summed E-state index contributed by atoms with van der Waals surface area (Å²) in [6.07, 6.45) is 1.77. The van der Waals surface area contributed by atoms with Crippen LogP contribution in [0.5, 0.6) is 0 Å². The van der Waals surface area contributed by atoms with Crippen molar-refractivity contribution in [1.29, 1.82) is 0 Å². The molecule has 1 saturated heterocycles. The van der Waals surface area contributed by atoms with Gasteiger partial charge in [-0.1, -0.05) is 29.8 Å². The molecule has 2 aromatic carbocycles. The van der Waals surface area contributed by atoms with Crippen LogP contribution < -0.4 is 0 Å². The van der Waals surface area contributed by atoms with Crippen LogP contribution in [-0.2, 0) is 16.6 Å². The molecule has 0 aliphatic carbocycles. The molecule has 1 aliphatic heterocycles. The summed E-state index contributed by atoms with van der Waals surface area (Å²) >= 11 is 6.27. The van der Waals surface area contributed by atoms with E-state index in [2.05, 4.69) is 9.88 Å². The highest BCUT2D eigenvalue weighted by atomic mass is 35.5. The molecule has 0 N–H and O–H groups in total. The first-order valence-corrected chi connectivity index (χ1v) is 11.5. The summed E-state index contributed by atoms with van der Waals surface area (Å²) < 4.78 is 27.4. The monoisotopic (exact) mass is 443 g/mol. The molecule has 0 saturated carbocycles. The largest absolute Gasteiger partial charge is 0.296 e. The summed E-state index contributed by atoms with van der Waals surface area (Å²) in [4.78, 5) is 18.3. The Hall–Kier alpha value is -2.32. The van der Waals surface area contributed by atoms with Gasteiger partial charge in [-0.25, -0.2) is 8.42 Å². The van der Waals surface area contributed by atoms with Crippen molar-refractivity contribution in [3.05, 3.63) is 70.9 Å². The molecule has 1 aromatic heterocycles. The molecule has 156 valence electrons. The Morgan fingerprint density at radius 3 is 2.43 bits per heavy atom. The van der Waals surface area contributed by atoms with Crippen LogP contribution in [0.2, 0.25) is 5.02 Å². The minimum atomic E-state index is -3.58. The van der Waals surface area contributed by atoms with Crippen LogP contribution in [0.25, 0.3) is 10.9 Å². The highest BCUT2D eigenvalue weighted by molar-refractivity contribution is 7.89. The maximum absolute atomic E-state index is 12.9. The van der Waals surface area contributed by atoms with Gasteiger partial charge >= 0.3 is 0 Å². The zero-order valence-electron chi connectivity index (χ0n) is 16.6. The number of nitrogens with zero attached hydrogens (tertiary/aromatic N) is 3. The molecule has 0 bridgehead atoms. The van der Waals surface area contributed by atoms with Gasteiger partial charge in [0.25, 0.3) is 0 Å². The molecule has 0 spiro atoms.